The molecule has 1 aliphatic rings. The van der Waals surface area contributed by atoms with Gasteiger partial charge in [-0.1, -0.05) is 30.3 Å². The number of benzene rings is 2. The van der Waals surface area contributed by atoms with E-state index in [0.29, 0.717) is 11.7 Å². The van der Waals surface area contributed by atoms with Crippen molar-refractivity contribution in [3.8, 4) is 5.75 Å². The molecule has 1 atom stereocenters. The van der Waals surface area contributed by atoms with E-state index in [2.05, 4.69) is 36.2 Å². The van der Waals surface area contributed by atoms with E-state index in [1.165, 1.54) is 16.8 Å². The lowest BCUT2D eigenvalue weighted by molar-refractivity contribution is 0.475. The van der Waals surface area contributed by atoms with Crippen LogP contribution in [0.2, 0.25) is 0 Å². The van der Waals surface area contributed by atoms with Crippen LogP contribution < -0.4 is 4.90 Å². The van der Waals surface area contributed by atoms with Crippen LogP contribution in [-0.4, -0.2) is 18.7 Å². The Kier molecular flexibility index (Phi) is 2.71. The Morgan fingerprint density at radius 3 is 2.56 bits per heavy atom. The Hall–Kier alpha value is -1.96. The molecular formula is C16H17NO. The smallest absolute Gasteiger partial charge is 0.115 e. The van der Waals surface area contributed by atoms with E-state index in [1.807, 2.05) is 12.1 Å². The van der Waals surface area contributed by atoms with Crippen molar-refractivity contribution in [2.24, 2.45) is 0 Å². The minimum absolute atomic E-state index is 0.333. The molecule has 0 aliphatic carbocycles. The minimum atomic E-state index is 0.333. The molecule has 0 saturated carbocycles. The molecule has 0 aromatic heterocycles. The first kappa shape index (κ1) is 11.1. The molecule has 0 bridgehead atoms. The van der Waals surface area contributed by atoms with Gasteiger partial charge in [-0.25, -0.2) is 0 Å². The minimum Gasteiger partial charge on any atom is -0.508 e. The van der Waals surface area contributed by atoms with E-state index in [1.54, 1.807) is 12.1 Å². The fourth-order valence-corrected chi connectivity index (χ4v) is 2.78. The highest BCUT2D eigenvalue weighted by molar-refractivity contribution is 5.59. The highest BCUT2D eigenvalue weighted by Crippen LogP contribution is 2.38. The van der Waals surface area contributed by atoms with E-state index in [0.717, 1.165) is 13.0 Å². The van der Waals surface area contributed by atoms with Gasteiger partial charge >= 0.3 is 0 Å². The molecule has 1 N–H and O–H groups in total. The number of fused-ring (bicyclic) bond motifs is 1. The number of phenols is 1. The van der Waals surface area contributed by atoms with Gasteiger partial charge in [0.25, 0.3) is 0 Å². The fourth-order valence-electron chi connectivity index (χ4n) is 2.78. The van der Waals surface area contributed by atoms with Crippen molar-refractivity contribution in [1.82, 2.24) is 0 Å². The third kappa shape index (κ3) is 1.84. The molecule has 1 heterocycles. The second-order valence-electron chi connectivity index (χ2n) is 4.91. The largest absolute Gasteiger partial charge is 0.508 e. The zero-order valence-electron chi connectivity index (χ0n) is 10.5. The van der Waals surface area contributed by atoms with Crippen LogP contribution in [0.5, 0.6) is 5.75 Å². The topological polar surface area (TPSA) is 23.5 Å². The molecule has 0 saturated heterocycles. The number of anilines is 1. The van der Waals surface area contributed by atoms with Gasteiger partial charge in [0, 0.05) is 25.2 Å². The molecule has 2 aromatic rings. The number of aromatic hydroxyl groups is 1. The predicted molar refractivity (Wildman–Crippen MR) is 74.3 cm³/mol. The molecular weight excluding hydrogens is 222 g/mol. The van der Waals surface area contributed by atoms with Gasteiger partial charge in [-0.15, -0.1) is 0 Å². The monoisotopic (exact) mass is 239 g/mol. The van der Waals surface area contributed by atoms with Crippen LogP contribution >= 0.6 is 0 Å². The van der Waals surface area contributed by atoms with Crippen LogP contribution in [0.3, 0.4) is 0 Å². The van der Waals surface area contributed by atoms with Gasteiger partial charge in [0.15, 0.2) is 0 Å². The molecule has 0 spiro atoms. The lowest BCUT2D eigenvalue weighted by Gasteiger charge is -2.33. The van der Waals surface area contributed by atoms with E-state index < -0.39 is 0 Å². The predicted octanol–water partition coefficient (Wildman–Crippen LogP) is 3.36. The van der Waals surface area contributed by atoms with Gasteiger partial charge in [0.1, 0.15) is 5.75 Å². The summed E-state index contributed by atoms with van der Waals surface area (Å²) in [5, 5.41) is 9.38. The number of hydrogen-bond acceptors (Lipinski definition) is 2. The molecule has 1 aliphatic heterocycles. The van der Waals surface area contributed by atoms with Gasteiger partial charge < -0.3 is 10.0 Å². The van der Waals surface area contributed by atoms with E-state index in [-0.39, 0.29) is 0 Å². The normalized spacial score (nSPS) is 18.5. The maximum absolute atomic E-state index is 9.38. The Labute approximate surface area is 107 Å². The van der Waals surface area contributed by atoms with Crippen LogP contribution in [0.4, 0.5) is 5.69 Å². The zero-order valence-corrected chi connectivity index (χ0v) is 10.5. The second-order valence-corrected chi connectivity index (χ2v) is 4.91. The molecule has 2 nitrogen and oxygen atoms in total. The highest BCUT2D eigenvalue weighted by Gasteiger charge is 2.23. The number of phenolic OH excluding ortho intramolecular Hbond substituents is 1. The van der Waals surface area contributed by atoms with Crippen LogP contribution in [0.1, 0.15) is 23.5 Å². The summed E-state index contributed by atoms with van der Waals surface area (Å²) in [7, 11) is 2.14. The van der Waals surface area contributed by atoms with Gasteiger partial charge in [0.2, 0.25) is 0 Å². The molecule has 18 heavy (non-hydrogen) atoms. The summed E-state index contributed by atoms with van der Waals surface area (Å²) >= 11 is 0. The van der Waals surface area contributed by atoms with Crippen LogP contribution in [0.15, 0.2) is 48.5 Å². The first-order chi connectivity index (χ1) is 8.75. The first-order valence-corrected chi connectivity index (χ1v) is 6.34. The maximum Gasteiger partial charge on any atom is 0.115 e. The number of hydrogen-bond donors (Lipinski definition) is 1. The van der Waals surface area contributed by atoms with E-state index in [9.17, 15) is 5.11 Å². The third-order valence-electron chi connectivity index (χ3n) is 3.77. The summed E-state index contributed by atoms with van der Waals surface area (Å²) in [6, 6.07) is 16.2. The van der Waals surface area contributed by atoms with Crippen LogP contribution in [-0.2, 0) is 0 Å². The number of rotatable bonds is 1. The van der Waals surface area contributed by atoms with Gasteiger partial charge in [-0.3, -0.25) is 0 Å². The standard InChI is InChI=1S/C16H17NO/c1-17-11-10-14(12-6-8-13(18)9-7-12)15-4-2-3-5-16(15)17/h2-9,14,18H,10-11H2,1H3. The zero-order chi connectivity index (χ0) is 12.5. The lowest BCUT2D eigenvalue weighted by atomic mass is 9.84. The second kappa shape index (κ2) is 4.37. The maximum atomic E-state index is 9.38. The Morgan fingerprint density at radius 2 is 1.78 bits per heavy atom. The SMILES string of the molecule is CN1CCC(c2ccc(O)cc2)c2ccccc21. The lowest BCUT2D eigenvalue weighted by Crippen LogP contribution is -2.27. The van der Waals surface area contributed by atoms with Gasteiger partial charge in [-0.05, 0) is 35.7 Å². The Bertz CT molecular complexity index is 547. The van der Waals surface area contributed by atoms with Crippen molar-refractivity contribution in [2.45, 2.75) is 12.3 Å². The molecule has 2 aromatic carbocycles. The molecule has 3 rings (SSSR count). The van der Waals surface area contributed by atoms with Gasteiger partial charge in [-0.2, -0.15) is 0 Å². The van der Waals surface area contributed by atoms with E-state index >= 15 is 0 Å². The summed E-state index contributed by atoms with van der Waals surface area (Å²) in [5.74, 6) is 0.776. The fraction of sp³-hybridized carbons (Fsp3) is 0.250. The van der Waals surface area contributed by atoms with E-state index in [4.69, 9.17) is 0 Å². The van der Waals surface area contributed by atoms with Crippen molar-refractivity contribution >= 4 is 5.69 Å². The average molecular weight is 239 g/mol. The van der Waals surface area contributed by atoms with Crippen molar-refractivity contribution in [1.29, 1.82) is 0 Å². The van der Waals surface area contributed by atoms with Crippen molar-refractivity contribution in [2.75, 3.05) is 18.5 Å². The van der Waals surface area contributed by atoms with Crippen molar-refractivity contribution < 1.29 is 5.11 Å². The first-order valence-electron chi connectivity index (χ1n) is 6.34. The van der Waals surface area contributed by atoms with Crippen LogP contribution in [0, 0.1) is 0 Å². The molecule has 0 fully saturated rings. The third-order valence-corrected chi connectivity index (χ3v) is 3.77. The van der Waals surface area contributed by atoms with Crippen LogP contribution in [0.25, 0.3) is 0 Å². The summed E-state index contributed by atoms with van der Waals surface area (Å²) < 4.78 is 0. The van der Waals surface area contributed by atoms with Gasteiger partial charge in [0.05, 0.1) is 0 Å². The molecule has 0 amide bonds. The highest BCUT2D eigenvalue weighted by atomic mass is 16.3. The quantitative estimate of drug-likeness (QED) is 0.824. The number of nitrogens with zero attached hydrogens (tertiary/aromatic N) is 1. The summed E-state index contributed by atoms with van der Waals surface area (Å²) in [6.45, 7) is 1.07. The Morgan fingerprint density at radius 1 is 1.06 bits per heavy atom. The number of para-hydroxylation sites is 1. The Balaban J connectivity index is 2.04. The molecule has 1 unspecified atom stereocenters. The average Bonchev–Trinajstić information content (AvgIpc) is 2.41. The summed E-state index contributed by atoms with van der Waals surface area (Å²) in [4.78, 5) is 2.31. The van der Waals surface area contributed by atoms with Crippen molar-refractivity contribution in [3.63, 3.8) is 0 Å². The summed E-state index contributed by atoms with van der Waals surface area (Å²) in [6.07, 6.45) is 1.12. The van der Waals surface area contributed by atoms with Crippen molar-refractivity contribution in [3.05, 3.63) is 59.7 Å². The molecule has 2 heteroatoms. The molecule has 0 radical (unpaired) electrons. The summed E-state index contributed by atoms with van der Waals surface area (Å²) in [5.41, 5.74) is 3.99. The molecule has 92 valence electrons.